The van der Waals surface area contributed by atoms with Gasteiger partial charge in [0, 0.05) is 0 Å². The van der Waals surface area contributed by atoms with Crippen molar-refractivity contribution in [2.24, 2.45) is 0 Å². The van der Waals surface area contributed by atoms with Gasteiger partial charge < -0.3 is 0 Å². The van der Waals surface area contributed by atoms with Crippen LogP contribution in [0.15, 0.2) is 0 Å². The van der Waals surface area contributed by atoms with Gasteiger partial charge in [-0.25, -0.2) is 0 Å². The Morgan fingerprint density at radius 3 is 1.20 bits per heavy atom. The first kappa shape index (κ1) is 25.5. The molecular formula is H10AlInOSnZn. The van der Waals surface area contributed by atoms with Crippen LogP contribution in [0.4, 0.5) is 0 Å². The molecule has 0 aliphatic rings. The molecule has 5 heteroatoms. The van der Waals surface area contributed by atoms with Crippen LogP contribution in [0, 0.1) is 0 Å². The van der Waals surface area contributed by atoms with Crippen LogP contribution in [0.3, 0.4) is 0 Å². The zero-order chi connectivity index (χ0) is 2.00. The van der Waals surface area contributed by atoms with Crippen molar-refractivity contribution in [3.8, 4) is 0 Å². The Balaban J connectivity index is -0.00000000167. The number of hydrogen-bond acceptors (Lipinski definition) is 1. The van der Waals surface area contributed by atoms with Crippen LogP contribution in [-0.2, 0) is 21.8 Å². The van der Waals surface area contributed by atoms with Crippen molar-refractivity contribution in [1.29, 1.82) is 0 Å². The van der Waals surface area contributed by atoms with Crippen LogP contribution in [0.1, 0.15) is 0 Å². The molecule has 0 aromatic carbocycles. The molecule has 0 N–H and O–H groups in total. The molecule has 0 saturated carbocycles. The van der Waals surface area contributed by atoms with Crippen LogP contribution >= 0.6 is 0 Å². The van der Waals surface area contributed by atoms with E-state index in [4.69, 9.17) is 3.57 Å². The van der Waals surface area contributed by atoms with E-state index in [0.717, 1.165) is 0 Å². The Morgan fingerprint density at radius 1 is 1.20 bits per heavy atom. The van der Waals surface area contributed by atoms with Crippen LogP contribution in [0.2, 0.25) is 0 Å². The molecular weight excluding hydrogens is 342 g/mol. The van der Waals surface area contributed by atoms with E-state index in [2.05, 4.69) is 0 Å². The third-order valence-electron chi connectivity index (χ3n) is 0. The van der Waals surface area contributed by atoms with Crippen molar-refractivity contribution in [2.45, 2.75) is 0 Å². The summed E-state index contributed by atoms with van der Waals surface area (Å²) >= 11 is 0.125. The monoisotopic (exact) mass is 352 g/mol. The van der Waals surface area contributed by atoms with Gasteiger partial charge in [0.1, 0.15) is 0 Å². The van der Waals surface area contributed by atoms with E-state index in [1.807, 2.05) is 0 Å². The van der Waals surface area contributed by atoms with Gasteiger partial charge in [0.05, 0.1) is 0 Å². The van der Waals surface area contributed by atoms with E-state index < -0.39 is 0 Å². The molecule has 0 bridgehead atoms. The zero-order valence-electron chi connectivity index (χ0n) is 1.12. The normalized spacial score (nSPS) is 1.20. The van der Waals surface area contributed by atoms with Crippen molar-refractivity contribution in [3.63, 3.8) is 0 Å². The van der Waals surface area contributed by atoms with Gasteiger partial charge in [-0.3, -0.25) is 0 Å². The van der Waals surface area contributed by atoms with Gasteiger partial charge in [-0.1, -0.05) is 0 Å². The summed E-state index contributed by atoms with van der Waals surface area (Å²) in [6, 6.07) is 0. The minimum absolute atomic E-state index is 0. The van der Waals surface area contributed by atoms with Crippen LogP contribution in [-0.4, -0.2) is 67.1 Å². The standard InChI is InChI=1S/Al.In.O.Sn.Zn.10H. The molecule has 28 valence electrons. The molecule has 0 aromatic heterocycles. The predicted molar refractivity (Wildman–Crippen MR) is 31.9 cm³/mol. The van der Waals surface area contributed by atoms with Gasteiger partial charge in [0.2, 0.25) is 0 Å². The summed E-state index contributed by atoms with van der Waals surface area (Å²) < 4.78 is 8.38. The zero-order valence-corrected chi connectivity index (χ0v) is 4.08. The first-order valence-electron chi connectivity index (χ1n) is 0.289. The van der Waals surface area contributed by atoms with Gasteiger partial charge in [-0.15, -0.1) is 0 Å². The second-order valence-corrected chi connectivity index (χ2v) is 0. The summed E-state index contributed by atoms with van der Waals surface area (Å²) in [4.78, 5) is 0. The van der Waals surface area contributed by atoms with Gasteiger partial charge in [-0.2, -0.15) is 0 Å². The fourth-order valence-electron chi connectivity index (χ4n) is 0. The van der Waals surface area contributed by atoms with E-state index in [-0.39, 0.29) is 85.4 Å². The molecule has 0 rings (SSSR count). The molecule has 0 atom stereocenters. The topological polar surface area (TPSA) is 17.1 Å². The first-order valence-corrected chi connectivity index (χ1v) is 1.50. The predicted octanol–water partition coefficient (Wildman–Crippen LogP) is -3.94. The summed E-state index contributed by atoms with van der Waals surface area (Å²) in [5.41, 5.74) is 0. The quantitative estimate of drug-likeness (QED) is 0.407. The molecule has 0 saturated heterocycles. The third kappa shape index (κ3) is 20.6. The van der Waals surface area contributed by atoms with E-state index >= 15 is 0 Å². The van der Waals surface area contributed by atoms with Crippen molar-refractivity contribution in [2.75, 3.05) is 0 Å². The van der Waals surface area contributed by atoms with Gasteiger partial charge in [0.25, 0.3) is 0 Å². The molecule has 0 spiro atoms. The first-order chi connectivity index (χ1) is 1.00. The minimum atomic E-state index is 0. The molecule has 0 aliphatic heterocycles. The maximum absolute atomic E-state index is 8.38. The summed E-state index contributed by atoms with van der Waals surface area (Å²) in [6.45, 7) is 0. The SMILES string of the molecule is [AlH3].[InH3].[O]=[Zn].[SnH4]. The van der Waals surface area contributed by atoms with Crippen LogP contribution < -0.4 is 0 Å². The Kier molecular flexibility index (Phi) is 155. The van der Waals surface area contributed by atoms with E-state index in [0.29, 0.717) is 0 Å². The van der Waals surface area contributed by atoms with E-state index in [1.54, 1.807) is 0 Å². The second-order valence-electron chi connectivity index (χ2n) is 0. The summed E-state index contributed by atoms with van der Waals surface area (Å²) in [5, 5.41) is 0. The summed E-state index contributed by atoms with van der Waals surface area (Å²) in [6.07, 6.45) is 0. The summed E-state index contributed by atoms with van der Waals surface area (Å²) in [7, 11) is 0. The second kappa shape index (κ2) is 30.4. The Bertz CT molecular complexity index is 11.6. The van der Waals surface area contributed by atoms with Crippen molar-refractivity contribution in [3.05, 3.63) is 0 Å². The van der Waals surface area contributed by atoms with Crippen LogP contribution in [0.5, 0.6) is 0 Å². The van der Waals surface area contributed by atoms with Crippen molar-refractivity contribution >= 4 is 67.1 Å². The molecule has 0 amide bonds. The molecule has 0 heterocycles. The van der Waals surface area contributed by atoms with E-state index in [1.165, 1.54) is 0 Å². The molecule has 0 aliphatic carbocycles. The maximum atomic E-state index is 8.38. The Morgan fingerprint density at radius 2 is 1.20 bits per heavy atom. The summed E-state index contributed by atoms with van der Waals surface area (Å²) in [5.74, 6) is 0. The van der Waals surface area contributed by atoms with Gasteiger partial charge >= 0.3 is 71.6 Å². The van der Waals surface area contributed by atoms with Crippen molar-refractivity contribution < 1.29 is 21.8 Å². The number of hydrogen-bond donors (Lipinski definition) is 0. The Labute approximate surface area is 87.5 Å². The molecule has 0 fully saturated rings. The van der Waals surface area contributed by atoms with Gasteiger partial charge in [-0.05, 0) is 0 Å². The number of rotatable bonds is 0. The average molecular weight is 352 g/mol. The molecule has 0 unspecified atom stereocenters. The molecule has 5 heavy (non-hydrogen) atoms. The van der Waals surface area contributed by atoms with Crippen LogP contribution in [0.25, 0.3) is 0 Å². The van der Waals surface area contributed by atoms with E-state index in [9.17, 15) is 0 Å². The fourth-order valence-corrected chi connectivity index (χ4v) is 0. The third-order valence-corrected chi connectivity index (χ3v) is 0. The van der Waals surface area contributed by atoms with Gasteiger partial charge in [0.15, 0.2) is 17.4 Å². The Hall–Kier alpha value is 2.62. The molecule has 0 radical (unpaired) electrons. The molecule has 1 nitrogen and oxygen atoms in total. The molecule has 0 aromatic rings. The average Bonchev–Trinajstić information content (AvgIpc) is 1.00. The van der Waals surface area contributed by atoms with Crippen molar-refractivity contribution in [1.82, 2.24) is 0 Å². The fraction of sp³-hybridized carbons (Fsp3) is 0.